The van der Waals surface area contributed by atoms with Gasteiger partial charge in [0.2, 0.25) is 11.8 Å². The smallest absolute Gasteiger partial charge is 0.244 e. The number of carbonyl (C=O) groups is 2. The van der Waals surface area contributed by atoms with E-state index in [1.807, 2.05) is 57.2 Å². The molecule has 2 aromatic carbocycles. The Hall–Kier alpha value is -2.88. The minimum atomic E-state index is -0.615. The van der Waals surface area contributed by atoms with Gasteiger partial charge in [0.1, 0.15) is 6.04 Å². The maximum absolute atomic E-state index is 12.4. The van der Waals surface area contributed by atoms with Crippen molar-refractivity contribution in [2.24, 2.45) is 0 Å². The van der Waals surface area contributed by atoms with Crippen molar-refractivity contribution in [1.82, 2.24) is 10.6 Å². The molecule has 0 aliphatic carbocycles. The molecule has 0 radical (unpaired) electrons. The maximum atomic E-state index is 12.4. The van der Waals surface area contributed by atoms with Crippen LogP contribution in [0, 0.1) is 13.8 Å². The average Bonchev–Trinajstić information content (AvgIpc) is 2.62. The van der Waals surface area contributed by atoms with Crippen LogP contribution in [0.4, 0.5) is 0 Å². The minimum Gasteiger partial charge on any atom is -0.348 e. The number of amides is 2. The first kappa shape index (κ1) is 19.4. The van der Waals surface area contributed by atoms with E-state index >= 15 is 0 Å². The molecule has 136 valence electrons. The third-order valence-corrected chi connectivity index (χ3v) is 4.24. The van der Waals surface area contributed by atoms with Gasteiger partial charge in [-0.2, -0.15) is 0 Å². The molecule has 0 aliphatic rings. The zero-order valence-electron chi connectivity index (χ0n) is 15.7. The van der Waals surface area contributed by atoms with Gasteiger partial charge in [-0.15, -0.1) is 0 Å². The van der Waals surface area contributed by atoms with E-state index in [1.165, 1.54) is 6.08 Å². The molecule has 4 nitrogen and oxygen atoms in total. The Morgan fingerprint density at radius 3 is 2.35 bits per heavy atom. The number of nitrogens with one attached hydrogen (secondary N) is 2. The zero-order chi connectivity index (χ0) is 19.1. The van der Waals surface area contributed by atoms with Gasteiger partial charge in [0.05, 0.1) is 6.04 Å². The number of rotatable bonds is 6. The summed E-state index contributed by atoms with van der Waals surface area (Å²) in [6.45, 7) is 7.68. The van der Waals surface area contributed by atoms with Crippen LogP contribution in [0.3, 0.4) is 0 Å². The predicted molar refractivity (Wildman–Crippen MR) is 106 cm³/mol. The molecule has 0 heterocycles. The van der Waals surface area contributed by atoms with Crippen molar-refractivity contribution in [3.8, 4) is 0 Å². The van der Waals surface area contributed by atoms with E-state index in [9.17, 15) is 9.59 Å². The fourth-order valence-electron chi connectivity index (χ4n) is 2.71. The predicted octanol–water partition coefficient (Wildman–Crippen LogP) is 3.70. The monoisotopic (exact) mass is 350 g/mol. The molecule has 2 N–H and O–H groups in total. The molecule has 26 heavy (non-hydrogen) atoms. The molecule has 0 saturated heterocycles. The summed E-state index contributed by atoms with van der Waals surface area (Å²) < 4.78 is 0. The van der Waals surface area contributed by atoms with Gasteiger partial charge in [-0.25, -0.2) is 0 Å². The van der Waals surface area contributed by atoms with Crippen LogP contribution >= 0.6 is 0 Å². The van der Waals surface area contributed by atoms with E-state index in [0.717, 1.165) is 22.3 Å². The Balaban J connectivity index is 1.91. The van der Waals surface area contributed by atoms with Crippen molar-refractivity contribution in [1.29, 1.82) is 0 Å². The standard InChI is InChI=1S/C22H26N2O2/c1-15-10-11-16(2)20(14-15)17(3)24-22(26)18(4)23-21(25)13-12-19-8-6-5-7-9-19/h5-14,17-18H,1-4H3,(H,23,25)(H,24,26)/b13-12+. The molecular formula is C22H26N2O2. The lowest BCUT2D eigenvalue weighted by molar-refractivity contribution is -0.127. The molecule has 0 fully saturated rings. The number of hydrogen-bond acceptors (Lipinski definition) is 2. The van der Waals surface area contributed by atoms with Crippen molar-refractivity contribution in [3.63, 3.8) is 0 Å². The van der Waals surface area contributed by atoms with Crippen LogP contribution in [0.2, 0.25) is 0 Å². The molecule has 0 aliphatic heterocycles. The highest BCUT2D eigenvalue weighted by Gasteiger charge is 2.18. The minimum absolute atomic E-state index is 0.124. The highest BCUT2D eigenvalue weighted by molar-refractivity contribution is 5.95. The van der Waals surface area contributed by atoms with Crippen LogP contribution in [-0.2, 0) is 9.59 Å². The molecule has 2 atom stereocenters. The maximum Gasteiger partial charge on any atom is 0.244 e. The van der Waals surface area contributed by atoms with Crippen molar-refractivity contribution >= 4 is 17.9 Å². The summed E-state index contributed by atoms with van der Waals surface area (Å²) in [7, 11) is 0. The lowest BCUT2D eigenvalue weighted by Gasteiger charge is -2.20. The first-order valence-electron chi connectivity index (χ1n) is 8.78. The highest BCUT2D eigenvalue weighted by atomic mass is 16.2. The Kier molecular flexibility index (Phi) is 6.73. The Morgan fingerprint density at radius 2 is 1.65 bits per heavy atom. The van der Waals surface area contributed by atoms with Crippen LogP contribution in [0.1, 0.15) is 42.1 Å². The summed E-state index contributed by atoms with van der Waals surface area (Å²) >= 11 is 0. The van der Waals surface area contributed by atoms with Gasteiger partial charge in [0.15, 0.2) is 0 Å². The third-order valence-electron chi connectivity index (χ3n) is 4.24. The summed E-state index contributed by atoms with van der Waals surface area (Å²) in [5, 5.41) is 5.66. The van der Waals surface area contributed by atoms with Gasteiger partial charge in [-0.1, -0.05) is 54.1 Å². The van der Waals surface area contributed by atoms with Crippen molar-refractivity contribution in [2.45, 2.75) is 39.8 Å². The summed E-state index contributed by atoms with van der Waals surface area (Å²) in [5.41, 5.74) is 4.30. The van der Waals surface area contributed by atoms with Crippen LogP contribution in [-0.4, -0.2) is 17.9 Å². The normalized spacial score (nSPS) is 13.2. The first-order chi connectivity index (χ1) is 12.4. The second-order valence-electron chi connectivity index (χ2n) is 6.56. The Morgan fingerprint density at radius 1 is 0.962 bits per heavy atom. The summed E-state index contributed by atoms with van der Waals surface area (Å²) in [4.78, 5) is 24.4. The molecule has 0 aromatic heterocycles. The Bertz CT molecular complexity index is 797. The number of benzene rings is 2. The van der Waals surface area contributed by atoms with Crippen molar-refractivity contribution < 1.29 is 9.59 Å². The van der Waals surface area contributed by atoms with E-state index in [-0.39, 0.29) is 17.9 Å². The second-order valence-corrected chi connectivity index (χ2v) is 6.56. The lowest BCUT2D eigenvalue weighted by atomic mass is 10.00. The quantitative estimate of drug-likeness (QED) is 0.781. The van der Waals surface area contributed by atoms with Gasteiger partial charge < -0.3 is 10.6 Å². The largest absolute Gasteiger partial charge is 0.348 e. The average molecular weight is 350 g/mol. The molecule has 2 rings (SSSR count). The first-order valence-corrected chi connectivity index (χ1v) is 8.78. The molecule has 2 unspecified atom stereocenters. The summed E-state index contributed by atoms with van der Waals surface area (Å²) in [6.07, 6.45) is 3.16. The number of aryl methyl sites for hydroxylation is 2. The van der Waals surface area contributed by atoms with Crippen molar-refractivity contribution in [3.05, 3.63) is 76.9 Å². The van der Waals surface area contributed by atoms with E-state index in [4.69, 9.17) is 0 Å². The van der Waals surface area contributed by atoms with Crippen LogP contribution in [0.5, 0.6) is 0 Å². The summed E-state index contributed by atoms with van der Waals surface area (Å²) in [5.74, 6) is -0.504. The summed E-state index contributed by atoms with van der Waals surface area (Å²) in [6, 6.07) is 15.0. The van der Waals surface area contributed by atoms with E-state index < -0.39 is 6.04 Å². The van der Waals surface area contributed by atoms with Crippen LogP contribution in [0.25, 0.3) is 6.08 Å². The van der Waals surface area contributed by atoms with Gasteiger partial charge in [0, 0.05) is 6.08 Å². The number of carbonyl (C=O) groups excluding carboxylic acids is 2. The molecule has 2 amide bonds. The zero-order valence-corrected chi connectivity index (χ0v) is 15.7. The third kappa shape index (κ3) is 5.59. The molecule has 0 spiro atoms. The second kappa shape index (κ2) is 8.99. The van der Waals surface area contributed by atoms with E-state index in [2.05, 4.69) is 22.8 Å². The van der Waals surface area contributed by atoms with Gasteiger partial charge >= 0.3 is 0 Å². The van der Waals surface area contributed by atoms with E-state index in [1.54, 1.807) is 13.0 Å². The molecule has 4 heteroatoms. The number of hydrogen-bond donors (Lipinski definition) is 2. The van der Waals surface area contributed by atoms with Crippen LogP contribution in [0.15, 0.2) is 54.6 Å². The molecule has 0 saturated carbocycles. The van der Waals surface area contributed by atoms with E-state index in [0.29, 0.717) is 0 Å². The Labute approximate surface area is 155 Å². The molecule has 0 bridgehead atoms. The lowest BCUT2D eigenvalue weighted by Crippen LogP contribution is -2.45. The van der Waals surface area contributed by atoms with Gasteiger partial charge in [-0.05, 0) is 50.5 Å². The van der Waals surface area contributed by atoms with Crippen LogP contribution < -0.4 is 10.6 Å². The SMILES string of the molecule is Cc1ccc(C)c(C(C)NC(=O)C(C)NC(=O)/C=C/c2ccccc2)c1. The molecular weight excluding hydrogens is 324 g/mol. The van der Waals surface area contributed by atoms with Crippen molar-refractivity contribution in [2.75, 3.05) is 0 Å². The fourth-order valence-corrected chi connectivity index (χ4v) is 2.71. The topological polar surface area (TPSA) is 58.2 Å². The highest BCUT2D eigenvalue weighted by Crippen LogP contribution is 2.18. The molecule has 2 aromatic rings. The van der Waals surface area contributed by atoms with Gasteiger partial charge in [-0.3, -0.25) is 9.59 Å². The van der Waals surface area contributed by atoms with Gasteiger partial charge in [0.25, 0.3) is 0 Å². The fraction of sp³-hybridized carbons (Fsp3) is 0.273.